The van der Waals surface area contributed by atoms with Gasteiger partial charge in [0.05, 0.1) is 0 Å². The summed E-state index contributed by atoms with van der Waals surface area (Å²) in [6, 6.07) is 3.11. The average Bonchev–Trinajstić information content (AvgIpc) is 2.38. The van der Waals surface area contributed by atoms with Gasteiger partial charge in [-0.05, 0) is 51.6 Å². The van der Waals surface area contributed by atoms with E-state index < -0.39 is 0 Å². The van der Waals surface area contributed by atoms with Crippen molar-refractivity contribution in [1.29, 1.82) is 0 Å². The summed E-state index contributed by atoms with van der Waals surface area (Å²) in [7, 11) is 0. The number of nitrogens with one attached hydrogen (secondary N) is 1. The van der Waals surface area contributed by atoms with E-state index in [0.717, 1.165) is 24.0 Å². The second kappa shape index (κ2) is 6.33. The van der Waals surface area contributed by atoms with Crippen molar-refractivity contribution in [3.8, 4) is 0 Å². The van der Waals surface area contributed by atoms with Gasteiger partial charge in [-0.1, -0.05) is 20.3 Å². The van der Waals surface area contributed by atoms with Gasteiger partial charge in [-0.25, -0.2) is 0 Å². The van der Waals surface area contributed by atoms with Crippen LogP contribution >= 0.6 is 0 Å². The molecule has 0 aromatic heterocycles. The Labute approximate surface area is 125 Å². The number of hydrogen-bond acceptors (Lipinski definition) is 3. The first-order valence-corrected chi connectivity index (χ1v) is 8.88. The Morgan fingerprint density at radius 2 is 1.95 bits per heavy atom. The molecule has 2 saturated heterocycles. The summed E-state index contributed by atoms with van der Waals surface area (Å²) in [4.78, 5) is 5.63. The van der Waals surface area contributed by atoms with E-state index in [1.807, 2.05) is 0 Å². The zero-order valence-electron chi connectivity index (χ0n) is 13.6. The van der Waals surface area contributed by atoms with Gasteiger partial charge in [0.1, 0.15) is 0 Å². The minimum Gasteiger partial charge on any atom is -0.314 e. The zero-order chi connectivity index (χ0) is 14.1. The third-order valence-corrected chi connectivity index (χ3v) is 5.83. The molecule has 116 valence electrons. The summed E-state index contributed by atoms with van der Waals surface area (Å²) in [6.45, 7) is 12.2. The first-order chi connectivity index (χ1) is 9.65. The van der Waals surface area contributed by atoms with E-state index in [2.05, 4.69) is 35.9 Å². The van der Waals surface area contributed by atoms with Gasteiger partial charge in [-0.3, -0.25) is 9.80 Å². The molecule has 1 saturated carbocycles. The molecular weight excluding hydrogens is 246 g/mol. The van der Waals surface area contributed by atoms with Crippen LogP contribution in [0, 0.1) is 5.92 Å². The van der Waals surface area contributed by atoms with Gasteiger partial charge in [-0.15, -0.1) is 0 Å². The summed E-state index contributed by atoms with van der Waals surface area (Å²) in [5, 5.41) is 3.65. The molecule has 3 aliphatic rings. The van der Waals surface area contributed by atoms with Gasteiger partial charge in [0.2, 0.25) is 0 Å². The third kappa shape index (κ3) is 3.05. The summed E-state index contributed by atoms with van der Waals surface area (Å²) in [5.74, 6) is 0.898. The lowest BCUT2D eigenvalue weighted by atomic mass is 9.76. The second-order valence-corrected chi connectivity index (χ2v) is 7.66. The molecule has 1 N–H and O–H groups in total. The van der Waals surface area contributed by atoms with Crippen molar-refractivity contribution in [3.05, 3.63) is 0 Å². The molecule has 0 radical (unpaired) electrons. The van der Waals surface area contributed by atoms with Crippen molar-refractivity contribution in [2.45, 2.75) is 77.0 Å². The Kier molecular flexibility index (Phi) is 4.68. The van der Waals surface area contributed by atoms with Crippen LogP contribution in [0.5, 0.6) is 0 Å². The lowest BCUT2D eigenvalue weighted by Crippen LogP contribution is -2.64. The van der Waals surface area contributed by atoms with Crippen molar-refractivity contribution in [2.75, 3.05) is 26.2 Å². The van der Waals surface area contributed by atoms with E-state index in [-0.39, 0.29) is 0 Å². The van der Waals surface area contributed by atoms with Crippen molar-refractivity contribution < 1.29 is 0 Å². The summed E-state index contributed by atoms with van der Waals surface area (Å²) in [6.07, 6.45) is 7.17. The topological polar surface area (TPSA) is 18.5 Å². The average molecular weight is 279 g/mol. The van der Waals surface area contributed by atoms with E-state index in [4.69, 9.17) is 0 Å². The first-order valence-electron chi connectivity index (χ1n) is 8.88. The molecule has 3 rings (SSSR count). The molecule has 3 fully saturated rings. The maximum absolute atomic E-state index is 3.65. The monoisotopic (exact) mass is 279 g/mol. The van der Waals surface area contributed by atoms with Crippen molar-refractivity contribution in [2.24, 2.45) is 5.92 Å². The predicted molar refractivity (Wildman–Crippen MR) is 85.0 cm³/mol. The van der Waals surface area contributed by atoms with Crippen LogP contribution in [0.25, 0.3) is 0 Å². The Balaban J connectivity index is 1.56. The molecule has 4 unspecified atom stereocenters. The van der Waals surface area contributed by atoms with Gasteiger partial charge >= 0.3 is 0 Å². The SMILES string of the molecule is CC(C)NCC1CCC1N1CC2CCCCN2CC1C. The molecule has 3 nitrogen and oxygen atoms in total. The Morgan fingerprint density at radius 3 is 2.65 bits per heavy atom. The maximum atomic E-state index is 3.65. The fourth-order valence-electron chi connectivity index (χ4n) is 4.45. The van der Waals surface area contributed by atoms with E-state index in [9.17, 15) is 0 Å². The number of nitrogens with zero attached hydrogens (tertiary/aromatic N) is 2. The normalized spacial score (nSPS) is 39.6. The molecule has 20 heavy (non-hydrogen) atoms. The van der Waals surface area contributed by atoms with Crippen LogP contribution in [-0.2, 0) is 0 Å². The Morgan fingerprint density at radius 1 is 1.10 bits per heavy atom. The Bertz CT molecular complexity index is 317. The molecule has 4 atom stereocenters. The standard InChI is InChI=1S/C17H33N3/c1-13(2)18-10-15-7-8-17(15)20-12-16-6-4-5-9-19(16)11-14(20)3/h13-18H,4-12H2,1-3H3. The molecular formula is C17H33N3. The van der Waals surface area contributed by atoms with Gasteiger partial charge in [-0.2, -0.15) is 0 Å². The van der Waals surface area contributed by atoms with Gasteiger partial charge in [0.25, 0.3) is 0 Å². The van der Waals surface area contributed by atoms with Crippen molar-refractivity contribution in [1.82, 2.24) is 15.1 Å². The fraction of sp³-hybridized carbons (Fsp3) is 1.00. The second-order valence-electron chi connectivity index (χ2n) is 7.66. The number of rotatable bonds is 4. The van der Waals surface area contributed by atoms with Crippen LogP contribution in [0.4, 0.5) is 0 Å². The zero-order valence-corrected chi connectivity index (χ0v) is 13.6. The van der Waals surface area contributed by atoms with Gasteiger partial charge < -0.3 is 5.32 Å². The molecule has 2 aliphatic heterocycles. The van der Waals surface area contributed by atoms with Gasteiger partial charge in [0, 0.05) is 37.3 Å². The molecule has 0 amide bonds. The van der Waals surface area contributed by atoms with E-state index in [1.54, 1.807) is 0 Å². The van der Waals surface area contributed by atoms with Gasteiger partial charge in [0.15, 0.2) is 0 Å². The Hall–Kier alpha value is -0.120. The van der Waals surface area contributed by atoms with Crippen LogP contribution in [0.15, 0.2) is 0 Å². The van der Waals surface area contributed by atoms with E-state index in [1.165, 1.54) is 58.3 Å². The van der Waals surface area contributed by atoms with Crippen LogP contribution in [0.3, 0.4) is 0 Å². The van der Waals surface area contributed by atoms with Crippen molar-refractivity contribution in [3.63, 3.8) is 0 Å². The molecule has 1 aliphatic carbocycles. The quantitative estimate of drug-likeness (QED) is 0.852. The van der Waals surface area contributed by atoms with Crippen LogP contribution < -0.4 is 5.32 Å². The van der Waals surface area contributed by atoms with Crippen LogP contribution in [0.2, 0.25) is 0 Å². The van der Waals surface area contributed by atoms with Crippen LogP contribution in [-0.4, -0.2) is 60.1 Å². The molecule has 3 heteroatoms. The number of hydrogen-bond donors (Lipinski definition) is 1. The minimum absolute atomic E-state index is 0.629. The largest absolute Gasteiger partial charge is 0.314 e. The lowest BCUT2D eigenvalue weighted by Gasteiger charge is -2.54. The molecule has 0 aromatic carbocycles. The summed E-state index contributed by atoms with van der Waals surface area (Å²) < 4.78 is 0. The van der Waals surface area contributed by atoms with E-state index >= 15 is 0 Å². The van der Waals surface area contributed by atoms with E-state index in [0.29, 0.717) is 6.04 Å². The molecule has 0 bridgehead atoms. The predicted octanol–water partition coefficient (Wildman–Crippen LogP) is 2.32. The third-order valence-electron chi connectivity index (χ3n) is 5.83. The fourth-order valence-corrected chi connectivity index (χ4v) is 4.45. The minimum atomic E-state index is 0.629. The smallest absolute Gasteiger partial charge is 0.0224 e. The first kappa shape index (κ1) is 14.8. The number of piperidine rings is 1. The molecule has 0 spiro atoms. The number of piperazine rings is 1. The molecule has 2 heterocycles. The highest BCUT2D eigenvalue weighted by Gasteiger charge is 2.42. The highest BCUT2D eigenvalue weighted by atomic mass is 15.3. The highest BCUT2D eigenvalue weighted by Crippen LogP contribution is 2.36. The van der Waals surface area contributed by atoms with Crippen molar-refractivity contribution >= 4 is 0 Å². The summed E-state index contributed by atoms with van der Waals surface area (Å²) >= 11 is 0. The number of fused-ring (bicyclic) bond motifs is 1. The molecule has 0 aromatic rings. The summed E-state index contributed by atoms with van der Waals surface area (Å²) in [5.41, 5.74) is 0. The highest BCUT2D eigenvalue weighted by molar-refractivity contribution is 4.98. The van der Waals surface area contributed by atoms with Crippen LogP contribution in [0.1, 0.15) is 52.9 Å². The maximum Gasteiger partial charge on any atom is 0.0224 e. The lowest BCUT2D eigenvalue weighted by molar-refractivity contribution is -0.0487.